The van der Waals surface area contributed by atoms with Crippen molar-refractivity contribution in [2.45, 2.75) is 47.3 Å². The van der Waals surface area contributed by atoms with Gasteiger partial charge < -0.3 is 9.80 Å². The average Bonchev–Trinajstić information content (AvgIpc) is 3.10. The SMILES string of the molecule is Cc1ccc(N(c2ccc(C)cc2)c2cc(N(c3ccc(C)cc3)c3ccc(C)cc3)c3ccc4cc([Si](C)(C)C)cc5ccc2c3c54)cc1. The van der Waals surface area contributed by atoms with Crippen molar-refractivity contribution in [3.05, 3.63) is 162 Å². The first-order valence-corrected chi connectivity index (χ1v) is 21.2. The summed E-state index contributed by atoms with van der Waals surface area (Å²) in [4.78, 5) is 4.90. The molecule has 0 amide bonds. The Labute approximate surface area is 297 Å². The minimum Gasteiger partial charge on any atom is -0.310 e. The summed E-state index contributed by atoms with van der Waals surface area (Å²) in [5, 5.41) is 9.26. The maximum Gasteiger partial charge on any atom is 0.0776 e. The zero-order chi connectivity index (χ0) is 34.7. The molecule has 0 saturated heterocycles. The highest BCUT2D eigenvalue weighted by molar-refractivity contribution is 6.89. The van der Waals surface area contributed by atoms with Crippen molar-refractivity contribution in [2.75, 3.05) is 9.80 Å². The van der Waals surface area contributed by atoms with Gasteiger partial charge in [-0.3, -0.25) is 0 Å². The molecule has 8 aromatic carbocycles. The van der Waals surface area contributed by atoms with Crippen molar-refractivity contribution in [3.8, 4) is 0 Å². The lowest BCUT2D eigenvalue weighted by atomic mass is 9.91. The van der Waals surface area contributed by atoms with Crippen LogP contribution in [0, 0.1) is 27.7 Å². The van der Waals surface area contributed by atoms with Crippen LogP contribution in [0.1, 0.15) is 22.3 Å². The van der Waals surface area contributed by atoms with E-state index in [0.29, 0.717) is 0 Å². The van der Waals surface area contributed by atoms with Crippen molar-refractivity contribution in [1.29, 1.82) is 0 Å². The summed E-state index contributed by atoms with van der Waals surface area (Å²) in [5.41, 5.74) is 11.9. The molecule has 0 spiro atoms. The molecule has 0 radical (unpaired) electrons. The van der Waals surface area contributed by atoms with E-state index in [9.17, 15) is 0 Å². The maximum atomic E-state index is 2.47. The molecular weight excluding hydrogens is 621 g/mol. The Kier molecular flexibility index (Phi) is 7.77. The zero-order valence-electron chi connectivity index (χ0n) is 30.2. The normalized spacial score (nSPS) is 11.9. The van der Waals surface area contributed by atoms with Crippen molar-refractivity contribution in [1.82, 2.24) is 0 Å². The second-order valence-electron chi connectivity index (χ2n) is 15.1. The molecule has 0 heterocycles. The third-order valence-corrected chi connectivity index (χ3v) is 12.2. The van der Waals surface area contributed by atoms with Crippen molar-refractivity contribution >= 4 is 79.7 Å². The lowest BCUT2D eigenvalue weighted by molar-refractivity contribution is 1.26. The molecule has 50 heavy (non-hydrogen) atoms. The van der Waals surface area contributed by atoms with Crippen LogP contribution in [0.3, 0.4) is 0 Å². The lowest BCUT2D eigenvalue weighted by Gasteiger charge is -2.32. The highest BCUT2D eigenvalue weighted by Crippen LogP contribution is 2.50. The van der Waals surface area contributed by atoms with Crippen molar-refractivity contribution in [3.63, 3.8) is 0 Å². The van der Waals surface area contributed by atoms with Crippen LogP contribution in [0.15, 0.2) is 140 Å². The predicted molar refractivity (Wildman–Crippen MR) is 221 cm³/mol. The van der Waals surface area contributed by atoms with Crippen molar-refractivity contribution in [2.24, 2.45) is 0 Å². The Hall–Kier alpha value is -5.38. The Bertz CT molecular complexity index is 2220. The van der Waals surface area contributed by atoms with Crippen LogP contribution in [0.2, 0.25) is 19.6 Å². The van der Waals surface area contributed by atoms with Crippen LogP contribution in [0.5, 0.6) is 0 Å². The van der Waals surface area contributed by atoms with E-state index in [0.717, 1.165) is 34.1 Å². The quantitative estimate of drug-likeness (QED) is 0.124. The van der Waals surface area contributed by atoms with Crippen LogP contribution in [0.25, 0.3) is 32.3 Å². The van der Waals surface area contributed by atoms with Gasteiger partial charge in [-0.15, -0.1) is 0 Å². The maximum absolute atomic E-state index is 2.47. The van der Waals surface area contributed by atoms with E-state index in [4.69, 9.17) is 0 Å². The minimum atomic E-state index is -1.55. The third-order valence-electron chi connectivity index (χ3n) is 10.2. The molecule has 0 aliphatic rings. The molecule has 0 aromatic heterocycles. The van der Waals surface area contributed by atoms with E-state index < -0.39 is 8.07 Å². The summed E-state index contributed by atoms with van der Waals surface area (Å²) in [7, 11) is -1.55. The van der Waals surface area contributed by atoms with Gasteiger partial charge in [-0.2, -0.15) is 0 Å². The summed E-state index contributed by atoms with van der Waals surface area (Å²) in [6.07, 6.45) is 0. The molecule has 8 aromatic rings. The standard InChI is InChI=1S/C47H44N2Si/c1-31-8-18-37(19-9-31)48(38-20-10-32(2)11-21-38)44-30-45(49(39-22-12-33(3)13-23-39)40-24-14-34(4)15-25-40)43-27-17-36-29-41(50(5,6)7)28-35-16-26-42(44)47(43)46(35)36/h8-30H,1-7H3. The number of rotatable bonds is 7. The molecule has 0 aliphatic heterocycles. The van der Waals surface area contributed by atoms with Crippen molar-refractivity contribution < 1.29 is 0 Å². The van der Waals surface area contributed by atoms with Gasteiger partial charge in [0.25, 0.3) is 0 Å². The van der Waals surface area contributed by atoms with Gasteiger partial charge in [-0.1, -0.05) is 132 Å². The summed E-state index contributed by atoms with van der Waals surface area (Å²) in [6, 6.07) is 52.6. The van der Waals surface area contributed by atoms with Gasteiger partial charge in [0.2, 0.25) is 0 Å². The van der Waals surface area contributed by atoms with Crippen LogP contribution in [-0.2, 0) is 0 Å². The van der Waals surface area contributed by atoms with Crippen LogP contribution < -0.4 is 15.0 Å². The molecule has 0 saturated carbocycles. The zero-order valence-corrected chi connectivity index (χ0v) is 31.2. The van der Waals surface area contributed by atoms with Crippen LogP contribution in [0.4, 0.5) is 34.1 Å². The van der Waals surface area contributed by atoms with Gasteiger partial charge in [0.1, 0.15) is 0 Å². The van der Waals surface area contributed by atoms with Crippen LogP contribution >= 0.6 is 0 Å². The summed E-state index contributed by atoms with van der Waals surface area (Å²) in [6.45, 7) is 16.0. The highest BCUT2D eigenvalue weighted by atomic mass is 28.3. The predicted octanol–water partition coefficient (Wildman–Crippen LogP) is 13.3. The molecule has 2 nitrogen and oxygen atoms in total. The molecule has 8 rings (SSSR count). The van der Waals surface area contributed by atoms with Crippen LogP contribution in [-0.4, -0.2) is 8.07 Å². The summed E-state index contributed by atoms with van der Waals surface area (Å²) >= 11 is 0. The number of benzene rings is 8. The topological polar surface area (TPSA) is 6.48 Å². The smallest absolute Gasteiger partial charge is 0.0776 e. The van der Waals surface area contributed by atoms with E-state index in [2.05, 4.69) is 197 Å². The fourth-order valence-electron chi connectivity index (χ4n) is 7.31. The van der Waals surface area contributed by atoms with Gasteiger partial charge in [0, 0.05) is 38.9 Å². The Balaban J connectivity index is 1.53. The lowest BCUT2D eigenvalue weighted by Crippen LogP contribution is -2.37. The number of hydrogen-bond donors (Lipinski definition) is 0. The van der Waals surface area contributed by atoms with E-state index in [1.807, 2.05) is 0 Å². The molecule has 0 atom stereocenters. The Morgan fingerprint density at radius 1 is 0.360 bits per heavy atom. The van der Waals surface area contributed by atoms with Gasteiger partial charge in [-0.05, 0) is 98.5 Å². The molecule has 0 N–H and O–H groups in total. The monoisotopic (exact) mass is 664 g/mol. The number of nitrogens with zero attached hydrogens (tertiary/aromatic N) is 2. The van der Waals surface area contributed by atoms with Gasteiger partial charge in [0.05, 0.1) is 19.4 Å². The fraction of sp³-hybridized carbons (Fsp3) is 0.149. The number of anilines is 6. The molecule has 3 heteroatoms. The number of aryl methyl sites for hydroxylation is 4. The second-order valence-corrected chi connectivity index (χ2v) is 20.2. The molecule has 0 aliphatic carbocycles. The first kappa shape index (κ1) is 31.9. The highest BCUT2D eigenvalue weighted by Gasteiger charge is 2.25. The molecule has 246 valence electrons. The molecule has 0 bridgehead atoms. The second kappa shape index (κ2) is 12.2. The molecule has 0 fully saturated rings. The third kappa shape index (κ3) is 5.62. The largest absolute Gasteiger partial charge is 0.310 e. The van der Waals surface area contributed by atoms with E-state index in [1.165, 1.54) is 59.8 Å². The average molecular weight is 665 g/mol. The summed E-state index contributed by atoms with van der Waals surface area (Å²) in [5.74, 6) is 0. The Morgan fingerprint density at radius 2 is 0.680 bits per heavy atom. The molecular formula is C47H44N2Si. The van der Waals surface area contributed by atoms with E-state index in [-0.39, 0.29) is 0 Å². The first-order chi connectivity index (χ1) is 24.0. The number of hydrogen-bond acceptors (Lipinski definition) is 2. The van der Waals surface area contributed by atoms with E-state index >= 15 is 0 Å². The molecule has 0 unspecified atom stereocenters. The van der Waals surface area contributed by atoms with E-state index in [1.54, 1.807) is 0 Å². The van der Waals surface area contributed by atoms with Gasteiger partial charge >= 0.3 is 0 Å². The fourth-order valence-corrected chi connectivity index (χ4v) is 8.49. The minimum absolute atomic E-state index is 1.14. The van der Waals surface area contributed by atoms with Gasteiger partial charge in [-0.25, -0.2) is 0 Å². The Morgan fingerprint density at radius 3 is 0.980 bits per heavy atom. The summed E-state index contributed by atoms with van der Waals surface area (Å²) < 4.78 is 0. The van der Waals surface area contributed by atoms with Gasteiger partial charge in [0.15, 0.2) is 0 Å². The first-order valence-electron chi connectivity index (χ1n) is 17.7.